The second kappa shape index (κ2) is 8.44. The molecule has 0 bridgehead atoms. The Morgan fingerprint density at radius 3 is 2.53 bits per heavy atom. The molecule has 2 heterocycles. The molecule has 2 aromatic carbocycles. The smallest absolute Gasteiger partial charge is 0.415 e. The number of amides is 3. The average molecular weight is 409 g/mol. The third-order valence-electron chi connectivity index (χ3n) is 5.16. The van der Waals surface area contributed by atoms with Gasteiger partial charge in [-0.3, -0.25) is 9.59 Å². The first-order chi connectivity index (χ1) is 14.5. The normalized spacial score (nSPS) is 18.6. The first-order valence-corrected chi connectivity index (χ1v) is 9.94. The number of ether oxygens (including phenoxy) is 2. The number of nitrogens with zero attached hydrogens (tertiary/aromatic N) is 2. The molecule has 4 rings (SSSR count). The van der Waals surface area contributed by atoms with Gasteiger partial charge in [-0.15, -0.1) is 0 Å². The van der Waals surface area contributed by atoms with E-state index in [1.54, 1.807) is 59.2 Å². The van der Waals surface area contributed by atoms with Crippen LogP contribution in [0.5, 0.6) is 11.5 Å². The largest absolute Gasteiger partial charge is 0.478 e. The van der Waals surface area contributed by atoms with Crippen molar-refractivity contribution in [3.8, 4) is 11.5 Å². The number of anilines is 1. The molecule has 8 heteroatoms. The van der Waals surface area contributed by atoms with E-state index in [-0.39, 0.29) is 11.8 Å². The van der Waals surface area contributed by atoms with E-state index in [1.807, 2.05) is 6.07 Å². The second-order valence-electron chi connectivity index (χ2n) is 7.25. The zero-order valence-electron chi connectivity index (χ0n) is 16.7. The van der Waals surface area contributed by atoms with Crippen LogP contribution in [0.15, 0.2) is 48.5 Å². The summed E-state index contributed by atoms with van der Waals surface area (Å²) in [5, 5.41) is 2.76. The monoisotopic (exact) mass is 409 g/mol. The van der Waals surface area contributed by atoms with E-state index in [0.29, 0.717) is 55.3 Å². The summed E-state index contributed by atoms with van der Waals surface area (Å²) >= 11 is 0. The molecule has 3 amide bonds. The Morgan fingerprint density at radius 2 is 1.73 bits per heavy atom. The molecule has 0 aromatic heterocycles. The molecule has 1 unspecified atom stereocenters. The maximum absolute atomic E-state index is 13.2. The number of nitrogens with one attached hydrogen (secondary N) is 1. The minimum Gasteiger partial charge on any atom is -0.478 e. The van der Waals surface area contributed by atoms with Gasteiger partial charge >= 0.3 is 6.09 Å². The maximum atomic E-state index is 13.2. The first-order valence-electron chi connectivity index (χ1n) is 9.94. The highest BCUT2D eigenvalue weighted by molar-refractivity contribution is 6.04. The van der Waals surface area contributed by atoms with Crippen molar-refractivity contribution in [1.82, 2.24) is 9.80 Å². The summed E-state index contributed by atoms with van der Waals surface area (Å²) in [6.45, 7) is 3.42. The average Bonchev–Trinajstić information content (AvgIpc) is 3.01. The Bertz CT molecular complexity index is 963. The second-order valence-corrected chi connectivity index (χ2v) is 7.25. The molecule has 1 atom stereocenters. The van der Waals surface area contributed by atoms with E-state index >= 15 is 0 Å². The highest BCUT2D eigenvalue weighted by Gasteiger charge is 2.30. The lowest BCUT2D eigenvalue weighted by molar-refractivity contribution is -0.122. The first kappa shape index (κ1) is 19.8. The Hall–Kier alpha value is -3.55. The van der Waals surface area contributed by atoms with Gasteiger partial charge in [-0.2, -0.15) is 0 Å². The van der Waals surface area contributed by atoms with Crippen LogP contribution in [0, 0.1) is 0 Å². The predicted octanol–water partition coefficient (Wildman–Crippen LogP) is 2.75. The maximum Gasteiger partial charge on any atom is 0.415 e. The minimum absolute atomic E-state index is 0.187. The molecule has 30 heavy (non-hydrogen) atoms. The van der Waals surface area contributed by atoms with Crippen molar-refractivity contribution in [3.05, 3.63) is 54.1 Å². The van der Waals surface area contributed by atoms with Gasteiger partial charge in [-0.05, 0) is 37.6 Å². The Kier molecular flexibility index (Phi) is 5.56. The summed E-state index contributed by atoms with van der Waals surface area (Å²) in [7, 11) is 0. The van der Waals surface area contributed by atoms with Crippen LogP contribution in [-0.2, 0) is 4.79 Å². The fourth-order valence-corrected chi connectivity index (χ4v) is 3.52. The van der Waals surface area contributed by atoms with Gasteiger partial charge in [0.2, 0.25) is 0 Å². The lowest BCUT2D eigenvalue weighted by atomic mass is 10.1. The summed E-state index contributed by atoms with van der Waals surface area (Å²) < 4.78 is 11.1. The molecule has 1 saturated heterocycles. The van der Waals surface area contributed by atoms with Crippen molar-refractivity contribution in [2.45, 2.75) is 19.4 Å². The molecule has 0 aliphatic carbocycles. The molecular weight excluding hydrogens is 386 g/mol. The molecular formula is C22H23N3O5. The Labute approximate surface area is 174 Å². The molecule has 0 radical (unpaired) electrons. The van der Waals surface area contributed by atoms with E-state index in [0.717, 1.165) is 0 Å². The van der Waals surface area contributed by atoms with Crippen LogP contribution in [0.25, 0.3) is 0 Å². The van der Waals surface area contributed by atoms with Gasteiger partial charge in [-0.25, -0.2) is 4.79 Å². The number of fused-ring (bicyclic) bond motifs is 1. The summed E-state index contributed by atoms with van der Waals surface area (Å²) in [6, 6.07) is 14.0. The van der Waals surface area contributed by atoms with Crippen LogP contribution in [0.4, 0.5) is 10.5 Å². The van der Waals surface area contributed by atoms with Crippen LogP contribution in [0.2, 0.25) is 0 Å². The number of para-hydroxylation sites is 2. The minimum atomic E-state index is -0.668. The summed E-state index contributed by atoms with van der Waals surface area (Å²) in [5.41, 5.74) is 0.895. The third kappa shape index (κ3) is 4.07. The van der Waals surface area contributed by atoms with Crippen molar-refractivity contribution in [2.75, 3.05) is 31.5 Å². The van der Waals surface area contributed by atoms with Crippen LogP contribution in [0.1, 0.15) is 23.7 Å². The number of carbonyl (C=O) groups is 3. The van der Waals surface area contributed by atoms with Gasteiger partial charge in [-0.1, -0.05) is 24.3 Å². The standard InChI is InChI=1S/C22H23N3O5/c1-15-20(26)23-18-10-5-9-17(19(18)29-15)21(27)24-11-6-12-25(14-13-24)22(28)30-16-7-3-2-4-8-16/h2-5,7-10,15H,6,11-14H2,1H3,(H,23,26). The third-order valence-corrected chi connectivity index (χ3v) is 5.16. The van der Waals surface area contributed by atoms with E-state index in [1.165, 1.54) is 0 Å². The molecule has 2 aliphatic rings. The fraction of sp³-hybridized carbons (Fsp3) is 0.318. The lowest BCUT2D eigenvalue weighted by Crippen LogP contribution is -2.39. The van der Waals surface area contributed by atoms with Gasteiger partial charge < -0.3 is 24.6 Å². The van der Waals surface area contributed by atoms with Crippen LogP contribution < -0.4 is 14.8 Å². The number of hydrogen-bond donors (Lipinski definition) is 1. The molecule has 8 nitrogen and oxygen atoms in total. The van der Waals surface area contributed by atoms with Crippen molar-refractivity contribution < 1.29 is 23.9 Å². The van der Waals surface area contributed by atoms with Crippen LogP contribution in [0.3, 0.4) is 0 Å². The Balaban J connectivity index is 1.44. The van der Waals surface area contributed by atoms with Crippen molar-refractivity contribution in [3.63, 3.8) is 0 Å². The Morgan fingerprint density at radius 1 is 1.00 bits per heavy atom. The highest BCUT2D eigenvalue weighted by atomic mass is 16.6. The quantitative estimate of drug-likeness (QED) is 0.824. The van der Waals surface area contributed by atoms with Crippen molar-refractivity contribution in [1.29, 1.82) is 0 Å². The van der Waals surface area contributed by atoms with Crippen LogP contribution in [-0.4, -0.2) is 60.0 Å². The zero-order valence-corrected chi connectivity index (χ0v) is 16.7. The van der Waals surface area contributed by atoms with Gasteiger partial charge in [0.25, 0.3) is 11.8 Å². The number of hydrogen-bond acceptors (Lipinski definition) is 5. The molecule has 0 saturated carbocycles. The van der Waals surface area contributed by atoms with E-state index < -0.39 is 12.2 Å². The molecule has 2 aliphatic heterocycles. The summed E-state index contributed by atoms with van der Waals surface area (Å²) in [5.74, 6) is 0.450. The van der Waals surface area contributed by atoms with Gasteiger partial charge in [0.05, 0.1) is 11.3 Å². The molecule has 156 valence electrons. The number of rotatable bonds is 2. The van der Waals surface area contributed by atoms with Crippen molar-refractivity contribution in [2.24, 2.45) is 0 Å². The zero-order chi connectivity index (χ0) is 21.1. The fourth-order valence-electron chi connectivity index (χ4n) is 3.52. The highest BCUT2D eigenvalue weighted by Crippen LogP contribution is 2.34. The van der Waals surface area contributed by atoms with Gasteiger partial charge in [0.1, 0.15) is 5.75 Å². The van der Waals surface area contributed by atoms with Gasteiger partial charge in [0.15, 0.2) is 11.9 Å². The summed E-state index contributed by atoms with van der Waals surface area (Å²) in [6.07, 6.45) is -0.454. The van der Waals surface area contributed by atoms with Gasteiger partial charge in [0, 0.05) is 26.2 Å². The predicted molar refractivity (Wildman–Crippen MR) is 110 cm³/mol. The SMILES string of the molecule is CC1Oc2c(cccc2C(=O)N2CCCN(C(=O)Oc3ccccc3)CC2)NC1=O. The van der Waals surface area contributed by atoms with E-state index in [4.69, 9.17) is 9.47 Å². The topological polar surface area (TPSA) is 88.2 Å². The van der Waals surface area contributed by atoms with Crippen molar-refractivity contribution >= 4 is 23.6 Å². The lowest BCUT2D eigenvalue weighted by Gasteiger charge is -2.27. The molecule has 1 N–H and O–H groups in total. The summed E-state index contributed by atoms with van der Waals surface area (Å²) in [4.78, 5) is 40.8. The number of benzene rings is 2. The number of carbonyl (C=O) groups excluding carboxylic acids is 3. The van der Waals surface area contributed by atoms with Crippen LogP contribution >= 0.6 is 0 Å². The van der Waals surface area contributed by atoms with E-state index in [9.17, 15) is 14.4 Å². The molecule has 2 aromatic rings. The van der Waals surface area contributed by atoms with E-state index in [2.05, 4.69) is 5.32 Å². The molecule has 1 fully saturated rings. The molecule has 0 spiro atoms.